The molecule has 2 rings (SSSR count). The van der Waals surface area contributed by atoms with E-state index in [0.29, 0.717) is 11.3 Å². The molecule has 2 aromatic carbocycles. The number of benzene rings is 2. The first-order valence-corrected chi connectivity index (χ1v) is 8.47. The highest BCUT2D eigenvalue weighted by atomic mass is 19.1. The van der Waals surface area contributed by atoms with E-state index < -0.39 is 36.1 Å². The lowest BCUT2D eigenvalue weighted by Crippen LogP contribution is -2.32. The molecule has 0 aliphatic heterocycles. The van der Waals surface area contributed by atoms with Crippen LogP contribution in [-0.2, 0) is 19.1 Å². The number of carboxylic acid groups (broad SMARTS) is 1. The van der Waals surface area contributed by atoms with Crippen molar-refractivity contribution in [2.24, 2.45) is 0 Å². The lowest BCUT2D eigenvalue weighted by molar-refractivity contribution is -0.305. The Hall–Kier alpha value is -3.42. The molecule has 2 aromatic rings. The number of para-hydroxylation sites is 1. The van der Waals surface area contributed by atoms with Gasteiger partial charge in [0.25, 0.3) is 0 Å². The molecular formula is C20H19FNO6-. The monoisotopic (exact) mass is 388 g/mol. The number of aliphatic carboxylic acids is 1. The van der Waals surface area contributed by atoms with Crippen molar-refractivity contribution in [2.75, 3.05) is 7.11 Å². The minimum absolute atomic E-state index is 0.0810. The van der Waals surface area contributed by atoms with E-state index in [2.05, 4.69) is 10.1 Å². The summed E-state index contributed by atoms with van der Waals surface area (Å²) in [4.78, 5) is 34.2. The Kier molecular flexibility index (Phi) is 7.50. The van der Waals surface area contributed by atoms with Gasteiger partial charge < -0.3 is 24.7 Å². The Bertz CT molecular complexity index is 840. The van der Waals surface area contributed by atoms with Gasteiger partial charge >= 0.3 is 5.97 Å². The van der Waals surface area contributed by atoms with E-state index in [0.717, 1.165) is 6.07 Å². The molecule has 0 saturated carbocycles. The van der Waals surface area contributed by atoms with E-state index in [1.165, 1.54) is 19.2 Å². The Morgan fingerprint density at radius 3 is 2.46 bits per heavy atom. The van der Waals surface area contributed by atoms with Gasteiger partial charge in [-0.15, -0.1) is 0 Å². The van der Waals surface area contributed by atoms with Crippen molar-refractivity contribution in [3.63, 3.8) is 0 Å². The second-order valence-electron chi connectivity index (χ2n) is 5.88. The van der Waals surface area contributed by atoms with Crippen molar-refractivity contribution >= 4 is 17.8 Å². The van der Waals surface area contributed by atoms with Crippen LogP contribution in [-0.4, -0.2) is 25.0 Å². The molecule has 7 nitrogen and oxygen atoms in total. The standard InChI is InChI=1S/C20H20FNO6/c1-27-20(26)12-16(22-18(23)9-10-19(24)25)13-7-8-15(21)17(11-13)28-14-5-3-2-4-6-14/h2-8,11,16H,9-10,12H2,1H3,(H,22,23)(H,24,25)/p-1/t16-/m0/s1. The zero-order chi connectivity index (χ0) is 20.5. The van der Waals surface area contributed by atoms with Crippen LogP contribution in [0.15, 0.2) is 48.5 Å². The zero-order valence-corrected chi connectivity index (χ0v) is 15.1. The van der Waals surface area contributed by atoms with Crippen molar-refractivity contribution < 1.29 is 33.4 Å². The average Bonchev–Trinajstić information content (AvgIpc) is 2.68. The first-order chi connectivity index (χ1) is 13.4. The summed E-state index contributed by atoms with van der Waals surface area (Å²) in [5.41, 5.74) is 0.402. The normalized spacial score (nSPS) is 11.4. The summed E-state index contributed by atoms with van der Waals surface area (Å²) in [6.07, 6.45) is -0.985. The summed E-state index contributed by atoms with van der Waals surface area (Å²) in [6, 6.07) is 11.6. The van der Waals surface area contributed by atoms with Crippen molar-refractivity contribution in [3.05, 3.63) is 59.9 Å². The molecule has 28 heavy (non-hydrogen) atoms. The highest BCUT2D eigenvalue weighted by Crippen LogP contribution is 2.29. The summed E-state index contributed by atoms with van der Waals surface area (Å²) in [6.45, 7) is 0. The van der Waals surface area contributed by atoms with Crippen LogP contribution in [0.25, 0.3) is 0 Å². The lowest BCUT2D eigenvalue weighted by Gasteiger charge is -2.19. The number of rotatable bonds is 9. The number of carboxylic acids is 1. The second kappa shape index (κ2) is 10.1. The number of carbonyl (C=O) groups is 3. The first kappa shape index (κ1) is 20.9. The highest BCUT2D eigenvalue weighted by Gasteiger charge is 2.21. The molecule has 0 unspecified atom stereocenters. The van der Waals surface area contributed by atoms with Crippen LogP contribution in [0.5, 0.6) is 11.5 Å². The second-order valence-corrected chi connectivity index (χ2v) is 5.88. The van der Waals surface area contributed by atoms with Crippen LogP contribution in [0.4, 0.5) is 4.39 Å². The van der Waals surface area contributed by atoms with Gasteiger partial charge in [0.2, 0.25) is 5.91 Å². The number of amides is 1. The number of carbonyl (C=O) groups excluding carboxylic acids is 3. The van der Waals surface area contributed by atoms with Gasteiger partial charge in [-0.2, -0.15) is 0 Å². The van der Waals surface area contributed by atoms with Gasteiger partial charge in [0, 0.05) is 12.4 Å². The lowest BCUT2D eigenvalue weighted by atomic mass is 10.0. The maximum absolute atomic E-state index is 14.1. The van der Waals surface area contributed by atoms with Crippen LogP contribution >= 0.6 is 0 Å². The fraction of sp³-hybridized carbons (Fsp3) is 0.250. The van der Waals surface area contributed by atoms with Gasteiger partial charge in [0.05, 0.1) is 19.6 Å². The van der Waals surface area contributed by atoms with Gasteiger partial charge in [-0.25, -0.2) is 4.39 Å². The Morgan fingerprint density at radius 2 is 1.82 bits per heavy atom. The van der Waals surface area contributed by atoms with Crippen LogP contribution in [0, 0.1) is 5.82 Å². The zero-order valence-electron chi connectivity index (χ0n) is 15.1. The predicted molar refractivity (Wildman–Crippen MR) is 94.7 cm³/mol. The number of hydrogen-bond acceptors (Lipinski definition) is 6. The van der Waals surface area contributed by atoms with E-state index in [1.54, 1.807) is 30.3 Å². The average molecular weight is 388 g/mol. The summed E-state index contributed by atoms with van der Waals surface area (Å²) in [5, 5.41) is 13.1. The Labute approximate surface area is 161 Å². The number of methoxy groups -OCH3 is 1. The molecular weight excluding hydrogens is 369 g/mol. The summed E-state index contributed by atoms with van der Waals surface area (Å²) in [5.74, 6) is -2.83. The van der Waals surface area contributed by atoms with Crippen molar-refractivity contribution in [1.29, 1.82) is 0 Å². The number of esters is 1. The summed E-state index contributed by atoms with van der Waals surface area (Å²) >= 11 is 0. The largest absolute Gasteiger partial charge is 0.550 e. The van der Waals surface area contributed by atoms with Gasteiger partial charge in [0.1, 0.15) is 5.75 Å². The fourth-order valence-corrected chi connectivity index (χ4v) is 2.41. The maximum Gasteiger partial charge on any atom is 0.307 e. The SMILES string of the molecule is COC(=O)C[C@H](NC(=O)CCC(=O)[O-])c1ccc(F)c(Oc2ccccc2)c1. The quantitative estimate of drug-likeness (QED) is 0.658. The van der Waals surface area contributed by atoms with Crippen LogP contribution < -0.4 is 15.2 Å². The molecule has 0 radical (unpaired) electrons. The maximum atomic E-state index is 14.1. The van der Waals surface area contributed by atoms with Crippen molar-refractivity contribution in [2.45, 2.75) is 25.3 Å². The first-order valence-electron chi connectivity index (χ1n) is 8.47. The number of hydrogen-bond donors (Lipinski definition) is 1. The van der Waals surface area contributed by atoms with Gasteiger partial charge in [0.15, 0.2) is 11.6 Å². The smallest absolute Gasteiger partial charge is 0.307 e. The number of halogens is 1. The van der Waals surface area contributed by atoms with E-state index in [9.17, 15) is 23.9 Å². The molecule has 0 heterocycles. The molecule has 148 valence electrons. The van der Waals surface area contributed by atoms with Crippen LogP contribution in [0.1, 0.15) is 30.9 Å². The molecule has 0 aliphatic rings. The highest BCUT2D eigenvalue weighted by molar-refractivity contribution is 5.81. The minimum atomic E-state index is -1.36. The van der Waals surface area contributed by atoms with Gasteiger partial charge in [-0.1, -0.05) is 24.3 Å². The van der Waals surface area contributed by atoms with Crippen molar-refractivity contribution in [1.82, 2.24) is 5.32 Å². The summed E-state index contributed by atoms with van der Waals surface area (Å²) < 4.78 is 24.3. The molecule has 0 fully saturated rings. The Morgan fingerprint density at radius 1 is 1.11 bits per heavy atom. The van der Waals surface area contributed by atoms with Crippen molar-refractivity contribution in [3.8, 4) is 11.5 Å². The number of ether oxygens (including phenoxy) is 2. The predicted octanol–water partition coefficient (Wildman–Crippen LogP) is 1.87. The fourth-order valence-electron chi connectivity index (χ4n) is 2.41. The van der Waals surface area contributed by atoms with E-state index >= 15 is 0 Å². The van der Waals surface area contributed by atoms with Gasteiger partial charge in [-0.3, -0.25) is 9.59 Å². The molecule has 0 spiro atoms. The molecule has 8 heteroatoms. The van der Waals surface area contributed by atoms with E-state index in [4.69, 9.17) is 4.74 Å². The third kappa shape index (κ3) is 6.39. The molecule has 0 saturated heterocycles. The van der Waals surface area contributed by atoms with Crippen LogP contribution in [0.2, 0.25) is 0 Å². The molecule has 1 amide bonds. The van der Waals surface area contributed by atoms with E-state index in [-0.39, 0.29) is 18.6 Å². The van der Waals surface area contributed by atoms with Gasteiger partial charge in [-0.05, 0) is 36.2 Å². The summed E-state index contributed by atoms with van der Waals surface area (Å²) in [7, 11) is 1.20. The molecule has 1 atom stereocenters. The third-order valence-corrected chi connectivity index (χ3v) is 3.82. The third-order valence-electron chi connectivity index (χ3n) is 3.82. The number of nitrogens with one attached hydrogen (secondary N) is 1. The molecule has 0 aromatic heterocycles. The minimum Gasteiger partial charge on any atom is -0.550 e. The van der Waals surface area contributed by atoms with E-state index in [1.807, 2.05) is 0 Å². The molecule has 0 bridgehead atoms. The topological polar surface area (TPSA) is 105 Å². The molecule has 1 N–H and O–H groups in total. The molecule has 0 aliphatic carbocycles. The van der Waals surface area contributed by atoms with Crippen LogP contribution in [0.3, 0.4) is 0 Å². The Balaban J connectivity index is 2.23.